The molecule has 1 aliphatic rings. The Balaban J connectivity index is 2.74. The van der Waals surface area contributed by atoms with Gasteiger partial charge in [-0.05, 0) is 0 Å². The molecular weight excluding hydrogens is 226 g/mol. The molecule has 0 unspecified atom stereocenters. The van der Waals surface area contributed by atoms with Gasteiger partial charge in [0.25, 0.3) is 0 Å². The minimum absolute atomic E-state index is 0.0880. The van der Waals surface area contributed by atoms with E-state index in [1.54, 1.807) is 0 Å². The minimum atomic E-state index is -0.953. The number of carboxylic acids is 2. The standard InChI is InChI=1S/C10H19N3O4/c14-9(15)7-13(8-10(16)17)5-3-11-1-2-12-4-6-13/h11-12H,1-8H2,(H-,14,15,16,17)/p+1. The fourth-order valence-electron chi connectivity index (χ4n) is 2.12. The van der Waals surface area contributed by atoms with Crippen LogP contribution in [0.25, 0.3) is 0 Å². The molecule has 0 amide bonds. The highest BCUT2D eigenvalue weighted by atomic mass is 16.4. The summed E-state index contributed by atoms with van der Waals surface area (Å²) in [5, 5.41) is 24.2. The van der Waals surface area contributed by atoms with Crippen LogP contribution in [0, 0.1) is 0 Å². The summed E-state index contributed by atoms with van der Waals surface area (Å²) in [7, 11) is 0. The summed E-state index contributed by atoms with van der Waals surface area (Å²) in [6.07, 6.45) is 0. The maximum Gasteiger partial charge on any atom is 0.359 e. The number of hydrogen-bond donors (Lipinski definition) is 4. The summed E-state index contributed by atoms with van der Waals surface area (Å²) >= 11 is 0. The van der Waals surface area contributed by atoms with Crippen LogP contribution in [0.15, 0.2) is 0 Å². The molecule has 0 atom stereocenters. The van der Waals surface area contributed by atoms with Crippen LogP contribution in [0.5, 0.6) is 0 Å². The van der Waals surface area contributed by atoms with Gasteiger partial charge in [-0.25, -0.2) is 9.59 Å². The van der Waals surface area contributed by atoms with Crippen molar-refractivity contribution >= 4 is 11.9 Å². The molecule has 0 aromatic heterocycles. The van der Waals surface area contributed by atoms with Crippen LogP contribution < -0.4 is 10.6 Å². The molecule has 7 nitrogen and oxygen atoms in total. The number of aliphatic carboxylic acids is 2. The highest BCUT2D eigenvalue weighted by molar-refractivity contribution is 5.70. The summed E-state index contributed by atoms with van der Waals surface area (Å²) in [6.45, 7) is 3.69. The van der Waals surface area contributed by atoms with Crippen molar-refractivity contribution in [2.24, 2.45) is 0 Å². The predicted molar refractivity (Wildman–Crippen MR) is 60.7 cm³/mol. The lowest BCUT2D eigenvalue weighted by atomic mass is 10.3. The van der Waals surface area contributed by atoms with Crippen molar-refractivity contribution in [1.29, 1.82) is 0 Å². The Labute approximate surface area is 100.0 Å². The number of nitrogens with one attached hydrogen (secondary N) is 2. The molecule has 0 aromatic rings. The molecule has 0 bridgehead atoms. The molecule has 1 rings (SSSR count). The van der Waals surface area contributed by atoms with E-state index in [1.807, 2.05) is 0 Å². The van der Waals surface area contributed by atoms with Crippen LogP contribution in [0.3, 0.4) is 0 Å². The topological polar surface area (TPSA) is 98.7 Å². The van der Waals surface area contributed by atoms with Gasteiger partial charge in [0.15, 0.2) is 13.1 Å². The van der Waals surface area contributed by atoms with Crippen molar-refractivity contribution < 1.29 is 24.3 Å². The Bertz CT molecular complexity index is 255. The SMILES string of the molecule is O=C(O)C[N+]1(CC(=O)O)CCNCCNCC1. The first-order valence-corrected chi connectivity index (χ1v) is 5.74. The number of quaternary nitrogens is 1. The molecule has 1 saturated heterocycles. The van der Waals surface area contributed by atoms with Gasteiger partial charge >= 0.3 is 11.9 Å². The zero-order chi connectivity index (χ0) is 12.7. The second kappa shape index (κ2) is 6.53. The van der Waals surface area contributed by atoms with Crippen LogP contribution in [0.1, 0.15) is 0 Å². The van der Waals surface area contributed by atoms with Gasteiger partial charge < -0.3 is 25.3 Å². The molecule has 17 heavy (non-hydrogen) atoms. The molecule has 1 fully saturated rings. The molecule has 1 heterocycles. The highest BCUT2D eigenvalue weighted by Crippen LogP contribution is 2.06. The van der Waals surface area contributed by atoms with Gasteiger partial charge in [-0.1, -0.05) is 0 Å². The monoisotopic (exact) mass is 246 g/mol. The normalized spacial score (nSPS) is 20.9. The summed E-state index contributed by atoms with van der Waals surface area (Å²) in [5.74, 6) is -1.91. The molecule has 98 valence electrons. The lowest BCUT2D eigenvalue weighted by Gasteiger charge is -2.35. The molecule has 0 aromatic carbocycles. The van der Waals surface area contributed by atoms with Crippen molar-refractivity contribution in [3.05, 3.63) is 0 Å². The first kappa shape index (κ1) is 13.9. The number of nitrogens with zero attached hydrogens (tertiary/aromatic N) is 1. The Hall–Kier alpha value is -1.18. The minimum Gasteiger partial charge on any atom is -0.477 e. The van der Waals surface area contributed by atoms with Crippen LogP contribution in [-0.2, 0) is 9.59 Å². The maximum absolute atomic E-state index is 10.9. The van der Waals surface area contributed by atoms with E-state index < -0.39 is 11.9 Å². The summed E-state index contributed by atoms with van der Waals surface area (Å²) in [5.41, 5.74) is 0. The Kier molecular flexibility index (Phi) is 5.33. The van der Waals surface area contributed by atoms with Gasteiger partial charge in [0.2, 0.25) is 0 Å². The molecular formula is C10H20N3O4+. The van der Waals surface area contributed by atoms with Crippen molar-refractivity contribution in [2.45, 2.75) is 0 Å². The van der Waals surface area contributed by atoms with E-state index in [1.165, 1.54) is 0 Å². The van der Waals surface area contributed by atoms with E-state index in [0.717, 1.165) is 13.1 Å². The first-order valence-electron chi connectivity index (χ1n) is 5.74. The Morgan fingerprint density at radius 3 is 1.65 bits per heavy atom. The summed E-state index contributed by atoms with van der Waals surface area (Å²) < 4.78 is 0.0880. The average molecular weight is 246 g/mol. The van der Waals surface area contributed by atoms with Crippen molar-refractivity contribution in [3.8, 4) is 0 Å². The maximum atomic E-state index is 10.9. The van der Waals surface area contributed by atoms with E-state index in [4.69, 9.17) is 10.2 Å². The van der Waals surface area contributed by atoms with Crippen molar-refractivity contribution in [3.63, 3.8) is 0 Å². The van der Waals surface area contributed by atoms with Gasteiger partial charge in [0, 0.05) is 26.2 Å². The average Bonchev–Trinajstić information content (AvgIpc) is 2.28. The fraction of sp³-hybridized carbons (Fsp3) is 0.800. The number of hydrogen-bond acceptors (Lipinski definition) is 4. The second-order valence-corrected chi connectivity index (χ2v) is 4.39. The summed E-state index contributed by atoms with van der Waals surface area (Å²) in [4.78, 5) is 21.8. The lowest BCUT2D eigenvalue weighted by molar-refractivity contribution is -0.912. The Morgan fingerprint density at radius 2 is 1.29 bits per heavy atom. The van der Waals surface area contributed by atoms with Gasteiger partial charge in [-0.15, -0.1) is 0 Å². The van der Waals surface area contributed by atoms with E-state index in [2.05, 4.69) is 10.6 Å². The third-order valence-corrected chi connectivity index (χ3v) is 2.95. The van der Waals surface area contributed by atoms with Gasteiger partial charge in [-0.3, -0.25) is 0 Å². The Morgan fingerprint density at radius 1 is 0.882 bits per heavy atom. The molecule has 0 aliphatic carbocycles. The zero-order valence-electron chi connectivity index (χ0n) is 9.81. The number of carbonyl (C=O) groups is 2. The van der Waals surface area contributed by atoms with Crippen LogP contribution in [0.2, 0.25) is 0 Å². The van der Waals surface area contributed by atoms with Crippen LogP contribution in [-0.4, -0.2) is 79.0 Å². The van der Waals surface area contributed by atoms with Gasteiger partial charge in [0.05, 0.1) is 13.1 Å². The first-order chi connectivity index (χ1) is 8.04. The van der Waals surface area contributed by atoms with E-state index >= 15 is 0 Å². The third kappa shape index (κ3) is 5.12. The van der Waals surface area contributed by atoms with Gasteiger partial charge in [-0.2, -0.15) is 0 Å². The quantitative estimate of drug-likeness (QED) is 0.435. The lowest BCUT2D eigenvalue weighted by Crippen LogP contribution is -2.58. The zero-order valence-corrected chi connectivity index (χ0v) is 9.81. The van der Waals surface area contributed by atoms with E-state index in [0.29, 0.717) is 26.2 Å². The number of rotatable bonds is 4. The molecule has 4 N–H and O–H groups in total. The van der Waals surface area contributed by atoms with E-state index in [9.17, 15) is 9.59 Å². The van der Waals surface area contributed by atoms with Crippen molar-refractivity contribution in [1.82, 2.24) is 10.6 Å². The van der Waals surface area contributed by atoms with Gasteiger partial charge in [0.1, 0.15) is 0 Å². The molecule has 0 spiro atoms. The largest absolute Gasteiger partial charge is 0.477 e. The molecule has 1 aliphatic heterocycles. The predicted octanol–water partition coefficient (Wildman–Crippen LogP) is -1.83. The van der Waals surface area contributed by atoms with E-state index in [-0.39, 0.29) is 17.6 Å². The highest BCUT2D eigenvalue weighted by Gasteiger charge is 2.32. The second-order valence-electron chi connectivity index (χ2n) is 4.39. The van der Waals surface area contributed by atoms with Crippen LogP contribution in [0.4, 0.5) is 0 Å². The smallest absolute Gasteiger partial charge is 0.359 e. The molecule has 0 radical (unpaired) electrons. The summed E-state index contributed by atoms with van der Waals surface area (Å²) in [6, 6.07) is 0. The molecule has 0 saturated carbocycles. The number of carboxylic acid groups (broad SMARTS) is 2. The van der Waals surface area contributed by atoms with Crippen molar-refractivity contribution in [2.75, 3.05) is 52.4 Å². The third-order valence-electron chi connectivity index (χ3n) is 2.95. The molecule has 7 heteroatoms. The fourth-order valence-corrected chi connectivity index (χ4v) is 2.12. The van der Waals surface area contributed by atoms with Crippen LogP contribution >= 0.6 is 0 Å².